The minimum absolute atomic E-state index is 0.114. The first-order chi connectivity index (χ1) is 17.2. The molecule has 0 fully saturated rings. The molecule has 0 heterocycles. The Bertz CT molecular complexity index is 873. The molecule has 0 aliphatic heterocycles. The van der Waals surface area contributed by atoms with Gasteiger partial charge in [0.2, 0.25) is 5.91 Å². The molecular formula is C22H30F11NO5. The molecule has 0 aliphatic carbocycles. The Labute approximate surface area is 217 Å². The molecule has 0 rings (SSSR count). The van der Waals surface area contributed by atoms with Gasteiger partial charge in [-0.3, -0.25) is 14.4 Å². The van der Waals surface area contributed by atoms with Gasteiger partial charge in [0.25, 0.3) is 0 Å². The molecule has 0 aromatic rings. The van der Waals surface area contributed by atoms with E-state index < -0.39 is 78.0 Å². The van der Waals surface area contributed by atoms with Crippen LogP contribution < -0.4 is 0 Å². The van der Waals surface area contributed by atoms with Gasteiger partial charge in [-0.1, -0.05) is 6.92 Å². The van der Waals surface area contributed by atoms with Crippen molar-refractivity contribution in [2.75, 3.05) is 27.8 Å². The molecule has 0 saturated heterocycles. The minimum atomic E-state index is -7.55. The lowest BCUT2D eigenvalue weighted by Gasteiger charge is -2.37. The number of halogens is 11. The van der Waals surface area contributed by atoms with Crippen LogP contribution >= 0.6 is 0 Å². The van der Waals surface area contributed by atoms with E-state index in [0.717, 1.165) is 12.0 Å². The molecule has 230 valence electrons. The number of alkyl halides is 11. The maximum Gasteiger partial charge on any atom is 0.460 e. The Morgan fingerprint density at radius 2 is 1.28 bits per heavy atom. The third-order valence-corrected chi connectivity index (χ3v) is 5.94. The van der Waals surface area contributed by atoms with E-state index in [-0.39, 0.29) is 19.3 Å². The first-order valence-corrected chi connectivity index (χ1v) is 11.3. The summed E-state index contributed by atoms with van der Waals surface area (Å²) >= 11 is 0. The van der Waals surface area contributed by atoms with E-state index >= 15 is 0 Å². The highest BCUT2D eigenvalue weighted by atomic mass is 19.4. The number of amides is 1. The van der Waals surface area contributed by atoms with Gasteiger partial charge in [0.05, 0.1) is 31.5 Å². The summed E-state index contributed by atoms with van der Waals surface area (Å²) in [5.74, 6) is -33.4. The van der Waals surface area contributed by atoms with E-state index in [2.05, 4.69) is 9.47 Å². The molecule has 0 aliphatic rings. The number of ether oxygens (including phenoxy) is 2. The molecule has 0 radical (unpaired) electrons. The Morgan fingerprint density at radius 1 is 0.795 bits per heavy atom. The second-order valence-corrected chi connectivity index (χ2v) is 9.69. The van der Waals surface area contributed by atoms with E-state index in [0.29, 0.717) is 0 Å². The minimum Gasteiger partial charge on any atom is -0.469 e. The van der Waals surface area contributed by atoms with Crippen LogP contribution in [0.4, 0.5) is 48.3 Å². The van der Waals surface area contributed by atoms with Gasteiger partial charge in [0.1, 0.15) is 0 Å². The molecule has 6 nitrogen and oxygen atoms in total. The fourth-order valence-electron chi connectivity index (χ4n) is 3.54. The summed E-state index contributed by atoms with van der Waals surface area (Å²) in [5.41, 5.74) is -1.23. The van der Waals surface area contributed by atoms with E-state index in [4.69, 9.17) is 0 Å². The number of nitrogens with zero attached hydrogens (tertiary/aromatic N) is 1. The molecule has 1 amide bonds. The van der Waals surface area contributed by atoms with Crippen molar-refractivity contribution in [3.8, 4) is 0 Å². The van der Waals surface area contributed by atoms with Gasteiger partial charge in [-0.05, 0) is 33.1 Å². The van der Waals surface area contributed by atoms with E-state index in [9.17, 15) is 62.7 Å². The maximum atomic E-state index is 13.8. The van der Waals surface area contributed by atoms with Crippen molar-refractivity contribution in [1.29, 1.82) is 0 Å². The summed E-state index contributed by atoms with van der Waals surface area (Å²) in [4.78, 5) is 38.2. The Hall–Kier alpha value is -2.36. The highest BCUT2D eigenvalue weighted by Crippen LogP contribution is 2.57. The van der Waals surface area contributed by atoms with Crippen LogP contribution in [0.25, 0.3) is 0 Å². The van der Waals surface area contributed by atoms with Gasteiger partial charge in [-0.2, -0.15) is 48.3 Å². The van der Waals surface area contributed by atoms with E-state index in [1.807, 2.05) is 0 Å². The topological polar surface area (TPSA) is 72.9 Å². The van der Waals surface area contributed by atoms with Crippen LogP contribution in [0.5, 0.6) is 0 Å². The first-order valence-electron chi connectivity index (χ1n) is 11.3. The molecule has 2 unspecified atom stereocenters. The molecule has 39 heavy (non-hydrogen) atoms. The predicted octanol–water partition coefficient (Wildman–Crippen LogP) is 5.73. The number of hydrogen-bond acceptors (Lipinski definition) is 5. The van der Waals surface area contributed by atoms with Gasteiger partial charge in [0, 0.05) is 20.0 Å². The third-order valence-electron chi connectivity index (χ3n) is 5.94. The van der Waals surface area contributed by atoms with E-state index in [1.54, 1.807) is 0 Å². The van der Waals surface area contributed by atoms with Crippen molar-refractivity contribution >= 4 is 17.8 Å². The zero-order valence-corrected chi connectivity index (χ0v) is 21.8. The van der Waals surface area contributed by atoms with Crippen molar-refractivity contribution in [1.82, 2.24) is 4.90 Å². The van der Waals surface area contributed by atoms with Crippen LogP contribution in [0, 0.1) is 17.3 Å². The fraction of sp³-hybridized carbons (Fsp3) is 0.864. The van der Waals surface area contributed by atoms with Crippen LogP contribution in [-0.2, 0) is 23.9 Å². The molecular weight excluding hydrogens is 567 g/mol. The fourth-order valence-corrected chi connectivity index (χ4v) is 3.54. The standard InChI is InChI=1S/C22H30F11NO5/c1-7-12(10-13(14(35)34(4)5)11-17(2,3)16(37)38-6)15(36)39-9-8-18(23,24)19(25,26)20(27,28)21(29,30)22(31,32)33/h12-13H,7-11H2,1-6H3. The monoisotopic (exact) mass is 597 g/mol. The van der Waals surface area contributed by atoms with Gasteiger partial charge in [-0.25, -0.2) is 0 Å². The molecule has 2 atom stereocenters. The molecule has 0 aromatic heterocycles. The average Bonchev–Trinajstić information content (AvgIpc) is 2.78. The molecule has 0 spiro atoms. The number of esters is 2. The van der Waals surface area contributed by atoms with Crippen molar-refractivity contribution < 1.29 is 72.2 Å². The lowest BCUT2D eigenvalue weighted by atomic mass is 9.78. The summed E-state index contributed by atoms with van der Waals surface area (Å²) in [6, 6.07) is 0. The quantitative estimate of drug-likeness (QED) is 0.189. The van der Waals surface area contributed by atoms with Gasteiger partial charge in [0.15, 0.2) is 0 Å². The van der Waals surface area contributed by atoms with E-state index in [1.165, 1.54) is 34.9 Å². The number of hydrogen-bond donors (Lipinski definition) is 0. The van der Waals surface area contributed by atoms with Crippen molar-refractivity contribution in [2.24, 2.45) is 17.3 Å². The SMILES string of the molecule is CCC(CC(CC(C)(C)C(=O)OC)C(=O)N(C)C)C(=O)OCCC(F)(F)C(F)(F)C(F)(F)C(F)(F)C(F)(F)F. The van der Waals surface area contributed by atoms with Crippen LogP contribution in [0.3, 0.4) is 0 Å². The lowest BCUT2D eigenvalue weighted by molar-refractivity contribution is -0.422. The summed E-state index contributed by atoms with van der Waals surface area (Å²) < 4.78 is 153. The van der Waals surface area contributed by atoms with Gasteiger partial charge < -0.3 is 14.4 Å². The van der Waals surface area contributed by atoms with Crippen molar-refractivity contribution in [3.05, 3.63) is 0 Å². The first kappa shape index (κ1) is 36.6. The average molecular weight is 597 g/mol. The molecule has 17 heteroatoms. The van der Waals surface area contributed by atoms with Crippen LogP contribution in [0.1, 0.15) is 46.5 Å². The maximum absolute atomic E-state index is 13.8. The number of rotatable bonds is 14. The summed E-state index contributed by atoms with van der Waals surface area (Å²) in [7, 11) is 3.82. The molecule has 0 bridgehead atoms. The van der Waals surface area contributed by atoms with Gasteiger partial charge >= 0.3 is 41.8 Å². The van der Waals surface area contributed by atoms with Crippen LogP contribution in [0.2, 0.25) is 0 Å². The number of methoxy groups -OCH3 is 1. The largest absolute Gasteiger partial charge is 0.469 e. The predicted molar refractivity (Wildman–Crippen MR) is 112 cm³/mol. The Morgan fingerprint density at radius 3 is 1.67 bits per heavy atom. The third kappa shape index (κ3) is 7.86. The normalized spacial score (nSPS) is 15.4. The summed E-state index contributed by atoms with van der Waals surface area (Å²) in [6.45, 7) is 2.51. The Kier molecular flexibility index (Phi) is 11.7. The highest BCUT2D eigenvalue weighted by Gasteiger charge is 2.86. The zero-order chi connectivity index (χ0) is 31.4. The number of carbonyl (C=O) groups is 3. The smallest absolute Gasteiger partial charge is 0.460 e. The summed E-state index contributed by atoms with van der Waals surface area (Å²) in [5, 5.41) is 0. The number of carbonyl (C=O) groups excluding carboxylic acids is 3. The van der Waals surface area contributed by atoms with Crippen LogP contribution in [0.15, 0.2) is 0 Å². The van der Waals surface area contributed by atoms with Gasteiger partial charge in [-0.15, -0.1) is 0 Å². The Balaban J connectivity index is 5.67. The second-order valence-electron chi connectivity index (χ2n) is 9.69. The van der Waals surface area contributed by atoms with Crippen molar-refractivity contribution in [3.63, 3.8) is 0 Å². The van der Waals surface area contributed by atoms with Crippen molar-refractivity contribution in [2.45, 2.75) is 76.3 Å². The molecule has 0 saturated carbocycles. The van der Waals surface area contributed by atoms with Crippen LogP contribution in [-0.4, -0.2) is 80.4 Å². The highest BCUT2D eigenvalue weighted by molar-refractivity contribution is 5.82. The lowest BCUT2D eigenvalue weighted by Crippen LogP contribution is -2.66. The zero-order valence-electron chi connectivity index (χ0n) is 21.8. The summed E-state index contributed by atoms with van der Waals surface area (Å²) in [6.07, 6.45) is -10.4. The molecule has 0 aromatic carbocycles. The second kappa shape index (κ2) is 12.4. The molecule has 0 N–H and O–H groups in total.